The van der Waals surface area contributed by atoms with Crippen LogP contribution in [0.3, 0.4) is 0 Å². The molecule has 44 heavy (non-hydrogen) atoms. The molecular formula is C28H25ClF7N5O3. The summed E-state index contributed by atoms with van der Waals surface area (Å²) in [7, 11) is 0. The third kappa shape index (κ3) is 6.62. The highest BCUT2D eigenvalue weighted by Crippen LogP contribution is 2.44. The zero-order chi connectivity index (χ0) is 32.0. The van der Waals surface area contributed by atoms with Crippen molar-refractivity contribution in [2.24, 2.45) is 5.41 Å². The van der Waals surface area contributed by atoms with E-state index in [4.69, 9.17) is 22.1 Å². The number of nitrogens with two attached hydrogens (primary N) is 1. The van der Waals surface area contributed by atoms with Crippen LogP contribution in [0.4, 0.5) is 42.5 Å². The van der Waals surface area contributed by atoms with Crippen LogP contribution in [0.15, 0.2) is 42.5 Å². The predicted molar refractivity (Wildman–Crippen MR) is 146 cm³/mol. The van der Waals surface area contributed by atoms with Gasteiger partial charge in [0, 0.05) is 36.3 Å². The number of hydrogen-bond donors (Lipinski definition) is 3. The molecule has 2 aliphatic rings. The van der Waals surface area contributed by atoms with Crippen LogP contribution in [0.2, 0.25) is 5.02 Å². The van der Waals surface area contributed by atoms with Gasteiger partial charge in [0.15, 0.2) is 0 Å². The average molecular weight is 648 g/mol. The van der Waals surface area contributed by atoms with Gasteiger partial charge in [0.1, 0.15) is 17.7 Å². The summed E-state index contributed by atoms with van der Waals surface area (Å²) in [4.78, 5) is 21.1. The van der Waals surface area contributed by atoms with E-state index in [2.05, 4.69) is 15.3 Å². The highest BCUT2D eigenvalue weighted by atomic mass is 35.5. The second-order valence-corrected chi connectivity index (χ2v) is 11.3. The van der Waals surface area contributed by atoms with Crippen LogP contribution < -0.4 is 20.7 Å². The van der Waals surface area contributed by atoms with Crippen molar-refractivity contribution in [1.82, 2.24) is 15.3 Å². The van der Waals surface area contributed by atoms with Crippen molar-refractivity contribution < 1.29 is 45.4 Å². The van der Waals surface area contributed by atoms with Gasteiger partial charge in [-0.2, -0.15) is 36.3 Å². The normalized spacial score (nSPS) is 19.3. The number of rotatable bonds is 6. The van der Waals surface area contributed by atoms with Crippen LogP contribution in [-0.4, -0.2) is 52.9 Å². The second-order valence-electron chi connectivity index (χ2n) is 10.8. The minimum Gasteiger partial charge on any atom is -0.480 e. The summed E-state index contributed by atoms with van der Waals surface area (Å²) in [5, 5.41) is 12.2. The predicted octanol–water partition coefficient (Wildman–Crippen LogP) is 6.25. The van der Waals surface area contributed by atoms with Gasteiger partial charge in [-0.3, -0.25) is 4.79 Å². The monoisotopic (exact) mass is 647 g/mol. The number of nitrogens with one attached hydrogen (secondary N) is 1. The van der Waals surface area contributed by atoms with E-state index >= 15 is 0 Å². The number of carbonyl (C=O) groups is 1. The van der Waals surface area contributed by atoms with Gasteiger partial charge >= 0.3 is 18.3 Å². The molecule has 16 heteroatoms. The lowest BCUT2D eigenvalue weighted by atomic mass is 9.76. The molecule has 0 aliphatic carbocycles. The van der Waals surface area contributed by atoms with E-state index in [-0.39, 0.29) is 33.3 Å². The van der Waals surface area contributed by atoms with Crippen LogP contribution in [-0.2, 0) is 11.0 Å². The number of alkyl halides is 6. The van der Waals surface area contributed by atoms with Crippen LogP contribution in [0.1, 0.15) is 36.5 Å². The van der Waals surface area contributed by atoms with Crippen molar-refractivity contribution in [3.63, 3.8) is 0 Å². The van der Waals surface area contributed by atoms with Crippen molar-refractivity contribution in [2.75, 3.05) is 30.3 Å². The van der Waals surface area contributed by atoms with Gasteiger partial charge in [-0.25, -0.2) is 4.39 Å². The number of piperidine rings is 1. The Morgan fingerprint density at radius 1 is 1.09 bits per heavy atom. The van der Waals surface area contributed by atoms with E-state index in [1.54, 1.807) is 4.90 Å². The summed E-state index contributed by atoms with van der Waals surface area (Å²) in [6.07, 6.45) is -11.3. The van der Waals surface area contributed by atoms with Gasteiger partial charge in [0.2, 0.25) is 17.9 Å². The molecule has 2 aliphatic heterocycles. The number of anilines is 2. The summed E-state index contributed by atoms with van der Waals surface area (Å²) in [6, 6.07) is 5.46. The maximum Gasteiger partial charge on any atom is 0.429 e. The van der Waals surface area contributed by atoms with Crippen LogP contribution in [0.5, 0.6) is 5.88 Å². The first-order valence-corrected chi connectivity index (χ1v) is 13.7. The molecule has 0 saturated carbocycles. The number of benzene rings is 2. The van der Waals surface area contributed by atoms with E-state index < -0.39 is 53.3 Å². The number of aromatic nitrogens is 2. The highest BCUT2D eigenvalue weighted by Gasteiger charge is 2.46. The molecule has 3 heterocycles. The molecule has 0 bridgehead atoms. The lowest BCUT2D eigenvalue weighted by molar-refractivity contribution is -0.198. The van der Waals surface area contributed by atoms with Gasteiger partial charge in [0.25, 0.3) is 0 Å². The van der Waals surface area contributed by atoms with E-state index in [0.717, 1.165) is 24.3 Å². The Balaban J connectivity index is 1.45. The van der Waals surface area contributed by atoms with Gasteiger partial charge < -0.3 is 25.8 Å². The Kier molecular flexibility index (Phi) is 8.31. The Labute approximate surface area is 251 Å². The molecule has 1 spiro atoms. The van der Waals surface area contributed by atoms with E-state index in [9.17, 15) is 40.6 Å². The first-order chi connectivity index (χ1) is 20.5. The van der Waals surface area contributed by atoms with Crippen LogP contribution in [0, 0.1) is 11.2 Å². The number of ether oxygens (including phenoxy) is 1. The maximum absolute atomic E-state index is 14.5. The Hall–Kier alpha value is -3.85. The SMILES string of the molecule is Nc1nc(O[C@H](c2ccc(Cl)cc2-c2ccc(F)c(C(F)(F)F)c2)C(F)(F)F)cc(N2CCC3(CC2)CN[C@H](C(=O)O)C3)n1. The summed E-state index contributed by atoms with van der Waals surface area (Å²) >= 11 is 6.01. The molecule has 236 valence electrons. The van der Waals surface area contributed by atoms with Crippen molar-refractivity contribution in [3.05, 3.63) is 64.4 Å². The van der Waals surface area contributed by atoms with Crippen LogP contribution in [0.25, 0.3) is 11.1 Å². The Morgan fingerprint density at radius 3 is 2.41 bits per heavy atom. The topological polar surface area (TPSA) is 114 Å². The summed E-state index contributed by atoms with van der Waals surface area (Å²) < 4.78 is 103. The largest absolute Gasteiger partial charge is 0.480 e. The number of carboxylic acids is 1. The highest BCUT2D eigenvalue weighted by molar-refractivity contribution is 6.30. The molecule has 0 amide bonds. The average Bonchev–Trinajstić information content (AvgIpc) is 3.35. The quantitative estimate of drug-likeness (QED) is 0.269. The Morgan fingerprint density at radius 2 is 1.80 bits per heavy atom. The lowest BCUT2D eigenvalue weighted by Crippen LogP contribution is -2.41. The summed E-state index contributed by atoms with van der Waals surface area (Å²) in [6.45, 7) is 1.35. The molecule has 2 saturated heterocycles. The molecule has 2 atom stereocenters. The van der Waals surface area contributed by atoms with Crippen molar-refractivity contribution in [1.29, 1.82) is 0 Å². The van der Waals surface area contributed by atoms with E-state index in [1.807, 2.05) is 0 Å². The number of halogens is 8. The number of carboxylic acid groups (broad SMARTS) is 1. The third-order valence-corrected chi connectivity index (χ3v) is 8.16. The first-order valence-electron chi connectivity index (χ1n) is 13.3. The molecule has 2 fully saturated rings. The number of nitrogens with zero attached hydrogens (tertiary/aromatic N) is 3. The fourth-order valence-corrected chi connectivity index (χ4v) is 5.85. The molecule has 8 nitrogen and oxygen atoms in total. The maximum atomic E-state index is 14.5. The first kappa shape index (κ1) is 31.6. The zero-order valence-electron chi connectivity index (χ0n) is 22.6. The fourth-order valence-electron chi connectivity index (χ4n) is 5.68. The van der Waals surface area contributed by atoms with Crippen molar-refractivity contribution in [3.8, 4) is 17.0 Å². The molecule has 3 aromatic rings. The molecule has 4 N–H and O–H groups in total. The number of nitrogen functional groups attached to an aromatic ring is 1. The van der Waals surface area contributed by atoms with Crippen molar-refractivity contribution >= 4 is 29.3 Å². The lowest BCUT2D eigenvalue weighted by Gasteiger charge is -2.39. The minimum absolute atomic E-state index is 0.0777. The molecule has 0 radical (unpaired) electrons. The van der Waals surface area contributed by atoms with E-state index in [1.165, 1.54) is 6.07 Å². The molecular weight excluding hydrogens is 623 g/mol. The van der Waals surface area contributed by atoms with Gasteiger partial charge in [0.05, 0.1) is 5.56 Å². The third-order valence-electron chi connectivity index (χ3n) is 7.93. The molecule has 2 aromatic carbocycles. The molecule has 1 aromatic heterocycles. The van der Waals surface area contributed by atoms with Gasteiger partial charge in [-0.05, 0) is 60.1 Å². The molecule has 5 rings (SSSR count). The van der Waals surface area contributed by atoms with Gasteiger partial charge in [-0.15, -0.1) is 0 Å². The summed E-state index contributed by atoms with van der Waals surface area (Å²) in [5.41, 5.74) is 2.60. The zero-order valence-corrected chi connectivity index (χ0v) is 23.4. The smallest absolute Gasteiger partial charge is 0.429 e. The Bertz CT molecular complexity index is 1560. The number of aliphatic carboxylic acids is 1. The fraction of sp³-hybridized carbons (Fsp3) is 0.393. The standard InChI is InChI=1S/C28H25ClF7N5O3/c29-15-2-3-16(17(10-15)14-1-4-19(30)18(9-14)27(31,32)33)23(28(34,35)36)44-22-11-21(39-25(37)40-22)41-7-5-26(6-8-41)12-20(24(42)43)38-13-26/h1-4,9-11,20,23,38H,5-8,12-13H2,(H,42,43)(H2,37,39,40)/t20-,23+/m0/s1. The summed E-state index contributed by atoms with van der Waals surface area (Å²) in [5.74, 6) is -3.25. The minimum atomic E-state index is -5.10. The molecule has 0 unspecified atom stereocenters. The van der Waals surface area contributed by atoms with Crippen molar-refractivity contribution in [2.45, 2.75) is 43.8 Å². The number of hydrogen-bond acceptors (Lipinski definition) is 7. The van der Waals surface area contributed by atoms with Gasteiger partial charge in [-0.1, -0.05) is 23.7 Å². The van der Waals surface area contributed by atoms with E-state index in [0.29, 0.717) is 51.0 Å². The second kappa shape index (κ2) is 11.6. The van der Waals surface area contributed by atoms with Crippen LogP contribution >= 0.6 is 11.6 Å².